The van der Waals surface area contributed by atoms with Crippen LogP contribution in [0, 0.1) is 5.82 Å². The van der Waals surface area contributed by atoms with Crippen LogP contribution in [0.5, 0.6) is 5.75 Å². The average Bonchev–Trinajstić information content (AvgIpc) is 3.26. The van der Waals surface area contributed by atoms with E-state index in [1.165, 1.54) is 6.20 Å². The first kappa shape index (κ1) is 21.5. The molecule has 1 aliphatic rings. The maximum atomic E-state index is 13.4. The summed E-state index contributed by atoms with van der Waals surface area (Å²) in [5, 5.41) is 11.3. The SMILES string of the molecule is O=C(COc1cnc(Cl)c(F)c1)N[C@@H]1CC[C@@H](c2nnc(-c3ccc(Cl)cc3)o2)OC1. The summed E-state index contributed by atoms with van der Waals surface area (Å²) >= 11 is 11.4. The monoisotopic (exact) mass is 466 g/mol. The third-order valence-corrected chi connectivity index (χ3v) is 5.12. The lowest BCUT2D eigenvalue weighted by molar-refractivity contribution is -0.125. The summed E-state index contributed by atoms with van der Waals surface area (Å²) in [6.45, 7) is 0.00296. The number of nitrogens with one attached hydrogen (secondary N) is 1. The molecular weight excluding hydrogens is 450 g/mol. The topological polar surface area (TPSA) is 99.4 Å². The van der Waals surface area contributed by atoms with Crippen LogP contribution in [-0.2, 0) is 9.53 Å². The lowest BCUT2D eigenvalue weighted by Gasteiger charge is -2.27. The van der Waals surface area contributed by atoms with Crippen molar-refractivity contribution in [3.05, 3.63) is 58.4 Å². The number of halogens is 3. The lowest BCUT2D eigenvalue weighted by atomic mass is 10.0. The molecule has 1 N–H and O–H groups in total. The van der Waals surface area contributed by atoms with E-state index in [0.29, 0.717) is 29.6 Å². The minimum Gasteiger partial charge on any atom is -0.482 e. The molecule has 8 nitrogen and oxygen atoms in total. The second-order valence-corrected chi connectivity index (χ2v) is 7.64. The zero-order valence-corrected chi connectivity index (χ0v) is 17.6. The van der Waals surface area contributed by atoms with Gasteiger partial charge >= 0.3 is 0 Å². The van der Waals surface area contributed by atoms with Gasteiger partial charge in [-0.05, 0) is 37.1 Å². The van der Waals surface area contributed by atoms with E-state index >= 15 is 0 Å². The third kappa shape index (κ3) is 5.49. The van der Waals surface area contributed by atoms with Gasteiger partial charge < -0.3 is 19.2 Å². The van der Waals surface area contributed by atoms with E-state index < -0.39 is 5.82 Å². The number of rotatable bonds is 6. The molecule has 1 amide bonds. The summed E-state index contributed by atoms with van der Waals surface area (Å²) in [5.74, 6) is -0.187. The van der Waals surface area contributed by atoms with E-state index in [1.54, 1.807) is 24.3 Å². The van der Waals surface area contributed by atoms with Gasteiger partial charge in [-0.2, -0.15) is 0 Å². The van der Waals surface area contributed by atoms with Gasteiger partial charge in [0.1, 0.15) is 11.9 Å². The fourth-order valence-electron chi connectivity index (χ4n) is 3.03. The molecule has 11 heteroatoms. The summed E-state index contributed by atoms with van der Waals surface area (Å²) in [4.78, 5) is 15.7. The van der Waals surface area contributed by atoms with Crippen molar-refractivity contribution in [1.82, 2.24) is 20.5 Å². The Morgan fingerprint density at radius 3 is 2.74 bits per heavy atom. The number of carbonyl (C=O) groups is 1. The van der Waals surface area contributed by atoms with Crippen molar-refractivity contribution in [1.29, 1.82) is 0 Å². The molecular formula is C20H17Cl2FN4O4. The van der Waals surface area contributed by atoms with Gasteiger partial charge in [0.2, 0.25) is 11.8 Å². The average molecular weight is 467 g/mol. The number of ether oxygens (including phenoxy) is 2. The molecule has 0 spiro atoms. The predicted octanol–water partition coefficient (Wildman–Crippen LogP) is 3.99. The van der Waals surface area contributed by atoms with Gasteiger partial charge in [-0.3, -0.25) is 4.79 Å². The van der Waals surface area contributed by atoms with Crippen LogP contribution in [0.1, 0.15) is 24.8 Å². The van der Waals surface area contributed by atoms with E-state index in [-0.39, 0.29) is 42.2 Å². The molecule has 3 heterocycles. The molecule has 4 rings (SSSR count). The molecule has 0 saturated carbocycles. The Morgan fingerprint density at radius 1 is 1.23 bits per heavy atom. The maximum Gasteiger partial charge on any atom is 0.258 e. The Balaban J connectivity index is 1.24. The van der Waals surface area contributed by atoms with E-state index in [9.17, 15) is 9.18 Å². The van der Waals surface area contributed by atoms with Crippen molar-refractivity contribution in [2.75, 3.05) is 13.2 Å². The highest BCUT2D eigenvalue weighted by Crippen LogP contribution is 2.29. The Labute approximate surface area is 186 Å². The number of carbonyl (C=O) groups excluding carboxylic acids is 1. The van der Waals surface area contributed by atoms with Crippen molar-refractivity contribution in [3.63, 3.8) is 0 Å². The van der Waals surface area contributed by atoms with Crippen molar-refractivity contribution in [3.8, 4) is 17.2 Å². The number of amides is 1. The fourth-order valence-corrected chi connectivity index (χ4v) is 3.26. The van der Waals surface area contributed by atoms with Crippen LogP contribution in [0.2, 0.25) is 10.2 Å². The molecule has 2 atom stereocenters. The van der Waals surface area contributed by atoms with Gasteiger partial charge in [-0.25, -0.2) is 9.37 Å². The van der Waals surface area contributed by atoms with Crippen LogP contribution in [0.15, 0.2) is 40.9 Å². The minimum atomic E-state index is -0.716. The third-order valence-electron chi connectivity index (χ3n) is 4.59. The van der Waals surface area contributed by atoms with Crippen LogP contribution >= 0.6 is 23.2 Å². The van der Waals surface area contributed by atoms with Crippen molar-refractivity contribution >= 4 is 29.1 Å². The van der Waals surface area contributed by atoms with Gasteiger partial charge in [0.05, 0.1) is 18.8 Å². The maximum absolute atomic E-state index is 13.4. The number of nitrogens with zero attached hydrogens (tertiary/aromatic N) is 3. The molecule has 3 aromatic rings. The first-order valence-corrected chi connectivity index (χ1v) is 10.2. The van der Waals surface area contributed by atoms with E-state index in [1.807, 2.05) is 0 Å². The molecule has 1 aromatic carbocycles. The van der Waals surface area contributed by atoms with Gasteiger partial charge in [-0.1, -0.05) is 23.2 Å². The molecule has 0 radical (unpaired) electrons. The predicted molar refractivity (Wildman–Crippen MR) is 109 cm³/mol. The molecule has 1 aliphatic heterocycles. The summed E-state index contributed by atoms with van der Waals surface area (Å²) in [5.41, 5.74) is 0.764. The minimum absolute atomic E-state index is 0.116. The quantitative estimate of drug-likeness (QED) is 0.548. The first-order valence-electron chi connectivity index (χ1n) is 9.42. The first-order chi connectivity index (χ1) is 15.0. The fraction of sp³-hybridized carbons (Fsp3) is 0.300. The Kier molecular flexibility index (Phi) is 6.64. The smallest absolute Gasteiger partial charge is 0.258 e. The van der Waals surface area contributed by atoms with Crippen LogP contribution in [-0.4, -0.2) is 40.3 Å². The summed E-state index contributed by atoms with van der Waals surface area (Å²) < 4.78 is 30.1. The van der Waals surface area contributed by atoms with Crippen molar-refractivity contribution in [2.24, 2.45) is 0 Å². The number of pyridine rings is 1. The molecule has 2 aromatic heterocycles. The molecule has 0 bridgehead atoms. The van der Waals surface area contributed by atoms with Gasteiger partial charge in [0.25, 0.3) is 5.91 Å². The summed E-state index contributed by atoms with van der Waals surface area (Å²) in [6.07, 6.45) is 2.16. The van der Waals surface area contributed by atoms with Crippen LogP contribution in [0.25, 0.3) is 11.5 Å². The zero-order valence-electron chi connectivity index (χ0n) is 16.1. The van der Waals surface area contributed by atoms with E-state index in [2.05, 4.69) is 20.5 Å². The molecule has 162 valence electrons. The molecule has 1 fully saturated rings. The normalized spacial score (nSPS) is 18.5. The lowest BCUT2D eigenvalue weighted by Crippen LogP contribution is -2.43. The highest BCUT2D eigenvalue weighted by molar-refractivity contribution is 6.30. The van der Waals surface area contributed by atoms with E-state index in [4.69, 9.17) is 37.1 Å². The number of benzene rings is 1. The summed E-state index contributed by atoms with van der Waals surface area (Å²) in [7, 11) is 0. The Hall–Kier alpha value is -2.75. The van der Waals surface area contributed by atoms with Gasteiger partial charge in [0, 0.05) is 16.7 Å². The largest absolute Gasteiger partial charge is 0.482 e. The standard InChI is InChI=1S/C20H17Cl2FN4O4/c21-12-3-1-11(2-4-12)19-26-27-20(31-19)16-6-5-13(9-30-16)25-17(28)10-29-14-7-15(23)18(22)24-8-14/h1-4,7-8,13,16H,5-6,9-10H2,(H,25,28)/t13-,16+/m1/s1. The van der Waals surface area contributed by atoms with Crippen LogP contribution in [0.3, 0.4) is 0 Å². The van der Waals surface area contributed by atoms with E-state index in [0.717, 1.165) is 11.6 Å². The molecule has 0 unspecified atom stereocenters. The highest BCUT2D eigenvalue weighted by atomic mass is 35.5. The second-order valence-electron chi connectivity index (χ2n) is 6.85. The van der Waals surface area contributed by atoms with Gasteiger partial charge in [-0.15, -0.1) is 10.2 Å². The number of aromatic nitrogens is 3. The van der Waals surface area contributed by atoms with Gasteiger partial charge in [0.15, 0.2) is 17.6 Å². The molecule has 0 aliphatic carbocycles. The molecule has 31 heavy (non-hydrogen) atoms. The second kappa shape index (κ2) is 9.59. The number of hydrogen-bond donors (Lipinski definition) is 1. The number of hydrogen-bond acceptors (Lipinski definition) is 7. The van der Waals surface area contributed by atoms with Crippen molar-refractivity contribution < 1.29 is 23.1 Å². The zero-order chi connectivity index (χ0) is 21.8. The molecule has 1 saturated heterocycles. The summed E-state index contributed by atoms with van der Waals surface area (Å²) in [6, 6.07) is 7.96. The van der Waals surface area contributed by atoms with Crippen LogP contribution < -0.4 is 10.1 Å². The Bertz CT molecular complexity index is 1060. The van der Waals surface area contributed by atoms with Crippen LogP contribution in [0.4, 0.5) is 4.39 Å². The highest BCUT2D eigenvalue weighted by Gasteiger charge is 2.28. The Morgan fingerprint density at radius 2 is 2.03 bits per heavy atom. The van der Waals surface area contributed by atoms with Crippen molar-refractivity contribution in [2.45, 2.75) is 25.0 Å².